The predicted octanol–water partition coefficient (Wildman–Crippen LogP) is 6.35. The fourth-order valence-corrected chi connectivity index (χ4v) is 3.32. The van der Waals surface area contributed by atoms with Gasteiger partial charge in [-0.1, -0.05) is 52.5 Å². The van der Waals surface area contributed by atoms with Crippen molar-refractivity contribution < 1.29 is 0 Å². The van der Waals surface area contributed by atoms with E-state index in [0.29, 0.717) is 43.3 Å². The highest BCUT2D eigenvalue weighted by Gasteiger charge is 2.06. The zero-order valence-electron chi connectivity index (χ0n) is 13.1. The van der Waals surface area contributed by atoms with Crippen LogP contribution in [0.4, 0.5) is 11.5 Å². The largest absolute Gasteiger partial charge is 0.332 e. The smallest absolute Gasteiger partial charge is 0.176 e. The van der Waals surface area contributed by atoms with Gasteiger partial charge in [-0.05, 0) is 48.1 Å². The molecule has 0 unspecified atom stereocenters. The Hall–Kier alpha value is -1.50. The Morgan fingerprint density at radius 1 is 0.923 bits per heavy atom. The number of benzene rings is 2. The van der Waals surface area contributed by atoms with Crippen molar-refractivity contribution in [3.8, 4) is 0 Å². The zero-order valence-corrected chi connectivity index (χ0v) is 17.0. The molecule has 2 aromatic carbocycles. The summed E-state index contributed by atoms with van der Waals surface area (Å²) in [6.45, 7) is 0.558. The molecule has 0 saturated carbocycles. The summed E-state index contributed by atoms with van der Waals surface area (Å²) in [5.41, 5.74) is 1.68. The van der Waals surface area contributed by atoms with Gasteiger partial charge in [-0.3, -0.25) is 4.68 Å². The van der Waals surface area contributed by atoms with E-state index in [2.05, 4.69) is 15.7 Å². The minimum absolute atomic E-state index is 0.378. The van der Waals surface area contributed by atoms with Gasteiger partial charge in [-0.2, -0.15) is 5.10 Å². The van der Waals surface area contributed by atoms with E-state index in [1.807, 2.05) is 24.4 Å². The number of aromatic nitrogens is 2. The van der Waals surface area contributed by atoms with Gasteiger partial charge in [0.25, 0.3) is 0 Å². The molecule has 0 aliphatic carbocycles. The van der Waals surface area contributed by atoms with Gasteiger partial charge >= 0.3 is 0 Å². The van der Waals surface area contributed by atoms with Crippen LogP contribution in [-0.2, 0) is 6.54 Å². The highest BCUT2D eigenvalue weighted by Crippen LogP contribution is 2.24. The Labute approximate surface area is 176 Å². The van der Waals surface area contributed by atoms with Crippen molar-refractivity contribution in [3.63, 3.8) is 0 Å². The highest BCUT2D eigenvalue weighted by atomic mass is 35.5. The van der Waals surface area contributed by atoms with E-state index in [4.69, 9.17) is 58.6 Å². The average Bonchev–Trinajstić information content (AvgIpc) is 2.96. The molecule has 0 atom stereocenters. The number of halogens is 4. The molecule has 0 aliphatic rings. The molecule has 0 saturated heterocycles. The second-order valence-corrected chi connectivity index (χ2v) is 7.48. The van der Waals surface area contributed by atoms with Gasteiger partial charge in [-0.15, -0.1) is 0 Å². The van der Waals surface area contributed by atoms with Crippen molar-refractivity contribution in [3.05, 3.63) is 74.3 Å². The van der Waals surface area contributed by atoms with Gasteiger partial charge in [0.1, 0.15) is 0 Å². The van der Waals surface area contributed by atoms with Gasteiger partial charge < -0.3 is 10.6 Å². The molecule has 26 heavy (non-hydrogen) atoms. The average molecular weight is 446 g/mol. The third-order valence-electron chi connectivity index (χ3n) is 3.33. The topological polar surface area (TPSA) is 41.9 Å². The van der Waals surface area contributed by atoms with E-state index in [1.54, 1.807) is 28.9 Å². The van der Waals surface area contributed by atoms with Crippen molar-refractivity contribution in [2.75, 3.05) is 10.6 Å². The zero-order chi connectivity index (χ0) is 18.7. The Bertz CT molecular complexity index is 937. The van der Waals surface area contributed by atoms with Gasteiger partial charge in [0.05, 0.1) is 16.6 Å². The SMILES string of the molecule is S=C(Nc1cc(Cl)cc(Cl)c1)Nc1ccn(Cc2ccc(Cl)c(Cl)c2)n1. The van der Waals surface area contributed by atoms with Crippen molar-refractivity contribution in [2.45, 2.75) is 6.54 Å². The third-order valence-corrected chi connectivity index (χ3v) is 4.71. The van der Waals surface area contributed by atoms with Crippen LogP contribution < -0.4 is 10.6 Å². The number of thiocarbonyl (C=S) groups is 1. The van der Waals surface area contributed by atoms with Crippen LogP contribution in [0.2, 0.25) is 20.1 Å². The van der Waals surface area contributed by atoms with E-state index in [-0.39, 0.29) is 0 Å². The Morgan fingerprint density at radius 2 is 1.65 bits per heavy atom. The lowest BCUT2D eigenvalue weighted by atomic mass is 10.2. The first-order valence-electron chi connectivity index (χ1n) is 7.40. The van der Waals surface area contributed by atoms with Gasteiger partial charge in [-0.25, -0.2) is 0 Å². The van der Waals surface area contributed by atoms with Crippen LogP contribution in [0.1, 0.15) is 5.56 Å². The normalized spacial score (nSPS) is 10.6. The van der Waals surface area contributed by atoms with E-state index < -0.39 is 0 Å². The molecular formula is C17H12Cl4N4S. The van der Waals surface area contributed by atoms with Crippen LogP contribution >= 0.6 is 58.6 Å². The van der Waals surface area contributed by atoms with Crippen molar-refractivity contribution in [1.82, 2.24) is 9.78 Å². The van der Waals surface area contributed by atoms with Crippen LogP contribution in [0, 0.1) is 0 Å². The molecule has 0 amide bonds. The second-order valence-electron chi connectivity index (χ2n) is 5.38. The molecular weight excluding hydrogens is 434 g/mol. The highest BCUT2D eigenvalue weighted by molar-refractivity contribution is 7.80. The minimum Gasteiger partial charge on any atom is -0.332 e. The van der Waals surface area contributed by atoms with Gasteiger partial charge in [0.15, 0.2) is 10.9 Å². The van der Waals surface area contributed by atoms with Crippen LogP contribution in [0.25, 0.3) is 0 Å². The van der Waals surface area contributed by atoms with Crippen LogP contribution in [0.15, 0.2) is 48.7 Å². The summed E-state index contributed by atoms with van der Waals surface area (Å²) in [5.74, 6) is 0.607. The molecule has 3 aromatic rings. The van der Waals surface area contributed by atoms with E-state index in [0.717, 1.165) is 5.56 Å². The summed E-state index contributed by atoms with van der Waals surface area (Å²) in [5, 5.41) is 12.9. The number of hydrogen-bond donors (Lipinski definition) is 2. The van der Waals surface area contributed by atoms with Gasteiger partial charge in [0, 0.05) is 28.0 Å². The van der Waals surface area contributed by atoms with Crippen molar-refractivity contribution >= 4 is 75.2 Å². The molecule has 1 heterocycles. The molecule has 3 rings (SSSR count). The lowest BCUT2D eigenvalue weighted by Gasteiger charge is -2.09. The van der Waals surface area contributed by atoms with Gasteiger partial charge in [0.2, 0.25) is 0 Å². The lowest BCUT2D eigenvalue weighted by Crippen LogP contribution is -2.19. The number of anilines is 2. The summed E-state index contributed by atoms with van der Waals surface area (Å²) in [4.78, 5) is 0. The van der Waals surface area contributed by atoms with Crippen molar-refractivity contribution in [2.24, 2.45) is 0 Å². The quantitative estimate of drug-likeness (QED) is 0.458. The maximum Gasteiger partial charge on any atom is 0.176 e. The summed E-state index contributed by atoms with van der Waals surface area (Å²) >= 11 is 29.2. The summed E-state index contributed by atoms with van der Waals surface area (Å²) in [7, 11) is 0. The van der Waals surface area contributed by atoms with E-state index in [9.17, 15) is 0 Å². The Balaban J connectivity index is 1.62. The summed E-state index contributed by atoms with van der Waals surface area (Å²) < 4.78 is 1.76. The van der Waals surface area contributed by atoms with Crippen LogP contribution in [0.3, 0.4) is 0 Å². The Kier molecular flexibility index (Phi) is 6.27. The lowest BCUT2D eigenvalue weighted by molar-refractivity contribution is 0.690. The first-order valence-corrected chi connectivity index (χ1v) is 9.32. The number of nitrogens with one attached hydrogen (secondary N) is 2. The molecule has 0 bridgehead atoms. The number of hydrogen-bond acceptors (Lipinski definition) is 2. The summed E-state index contributed by atoms with van der Waals surface area (Å²) in [6, 6.07) is 12.4. The maximum atomic E-state index is 6.04. The molecule has 2 N–H and O–H groups in total. The van der Waals surface area contributed by atoms with E-state index in [1.165, 1.54) is 0 Å². The number of rotatable bonds is 4. The monoisotopic (exact) mass is 444 g/mol. The molecule has 0 fully saturated rings. The fraction of sp³-hybridized carbons (Fsp3) is 0.0588. The second kappa shape index (κ2) is 8.46. The molecule has 134 valence electrons. The molecule has 0 aliphatic heterocycles. The van der Waals surface area contributed by atoms with Crippen LogP contribution in [0.5, 0.6) is 0 Å². The molecule has 4 nitrogen and oxygen atoms in total. The predicted molar refractivity (Wildman–Crippen MR) is 114 cm³/mol. The number of nitrogens with zero attached hydrogens (tertiary/aromatic N) is 2. The minimum atomic E-state index is 0.378. The molecule has 0 spiro atoms. The first kappa shape index (κ1) is 19.3. The van der Waals surface area contributed by atoms with Crippen molar-refractivity contribution in [1.29, 1.82) is 0 Å². The molecule has 9 heteroatoms. The standard InChI is InChI=1S/C17H12Cl4N4S/c18-11-6-12(19)8-13(7-11)22-17(26)23-16-3-4-25(24-16)9-10-1-2-14(20)15(21)5-10/h1-8H,9H2,(H2,22,23,24,26). The summed E-state index contributed by atoms with van der Waals surface area (Å²) in [6.07, 6.45) is 1.84. The van der Waals surface area contributed by atoms with Crippen LogP contribution in [-0.4, -0.2) is 14.9 Å². The maximum absolute atomic E-state index is 6.04. The first-order chi connectivity index (χ1) is 12.4. The molecule has 0 radical (unpaired) electrons. The third kappa shape index (κ3) is 5.25. The molecule has 1 aromatic heterocycles. The van der Waals surface area contributed by atoms with E-state index >= 15 is 0 Å². The fourth-order valence-electron chi connectivity index (χ4n) is 2.25. The Morgan fingerprint density at radius 3 is 2.35 bits per heavy atom.